The van der Waals surface area contributed by atoms with Crippen molar-refractivity contribution in [1.29, 1.82) is 0 Å². The SMILES string of the molecule is CC(c1ccccc1)c1cc(O)c(CO)cc1O. The fourth-order valence-corrected chi connectivity index (χ4v) is 2.03. The average molecular weight is 244 g/mol. The standard InChI is InChI=1S/C15H16O3/c1-10(11-5-3-2-4-6-11)13-8-14(17)12(9-16)7-15(13)18/h2-8,10,16-18H,9H2,1H3. The zero-order valence-electron chi connectivity index (χ0n) is 10.2. The van der Waals surface area contributed by atoms with Gasteiger partial charge in [-0.25, -0.2) is 0 Å². The molecule has 0 aliphatic rings. The molecule has 3 nitrogen and oxygen atoms in total. The maximum Gasteiger partial charge on any atom is 0.121 e. The minimum absolute atomic E-state index is 0.00748. The van der Waals surface area contributed by atoms with Gasteiger partial charge in [-0.05, 0) is 17.7 Å². The molecule has 2 rings (SSSR count). The highest BCUT2D eigenvalue weighted by Gasteiger charge is 2.15. The number of aliphatic hydroxyl groups is 1. The molecule has 3 N–H and O–H groups in total. The Kier molecular flexibility index (Phi) is 3.53. The fourth-order valence-electron chi connectivity index (χ4n) is 2.03. The molecule has 0 aliphatic carbocycles. The first-order valence-electron chi connectivity index (χ1n) is 5.84. The summed E-state index contributed by atoms with van der Waals surface area (Å²) in [6.07, 6.45) is 0. The van der Waals surface area contributed by atoms with Gasteiger partial charge in [-0.1, -0.05) is 37.3 Å². The number of aromatic hydroxyl groups is 2. The van der Waals surface area contributed by atoms with Crippen LogP contribution in [0.3, 0.4) is 0 Å². The summed E-state index contributed by atoms with van der Waals surface area (Å²) < 4.78 is 0. The summed E-state index contributed by atoms with van der Waals surface area (Å²) in [6, 6.07) is 12.7. The van der Waals surface area contributed by atoms with Crippen LogP contribution in [-0.2, 0) is 6.61 Å². The first kappa shape index (κ1) is 12.5. The van der Waals surface area contributed by atoms with Crippen molar-refractivity contribution in [2.45, 2.75) is 19.4 Å². The Morgan fingerprint density at radius 3 is 2.28 bits per heavy atom. The number of rotatable bonds is 3. The van der Waals surface area contributed by atoms with Crippen molar-refractivity contribution in [3.63, 3.8) is 0 Å². The third-order valence-electron chi connectivity index (χ3n) is 3.16. The third-order valence-corrected chi connectivity index (χ3v) is 3.16. The molecule has 0 saturated carbocycles. The number of phenolic OH excluding ortho intramolecular Hbond substituents is 1. The van der Waals surface area contributed by atoms with Gasteiger partial charge in [-0.15, -0.1) is 0 Å². The summed E-state index contributed by atoms with van der Waals surface area (Å²) >= 11 is 0. The molecular weight excluding hydrogens is 228 g/mol. The molecule has 94 valence electrons. The van der Waals surface area contributed by atoms with Crippen LogP contribution in [0.25, 0.3) is 0 Å². The number of hydrogen-bond donors (Lipinski definition) is 3. The van der Waals surface area contributed by atoms with Crippen molar-refractivity contribution < 1.29 is 15.3 Å². The topological polar surface area (TPSA) is 60.7 Å². The monoisotopic (exact) mass is 244 g/mol. The highest BCUT2D eigenvalue weighted by molar-refractivity contribution is 5.48. The van der Waals surface area contributed by atoms with Crippen molar-refractivity contribution in [3.8, 4) is 11.5 Å². The largest absolute Gasteiger partial charge is 0.508 e. The van der Waals surface area contributed by atoms with Crippen LogP contribution in [0.2, 0.25) is 0 Å². The first-order chi connectivity index (χ1) is 8.63. The van der Waals surface area contributed by atoms with E-state index in [9.17, 15) is 10.2 Å². The second-order valence-corrected chi connectivity index (χ2v) is 4.33. The molecular formula is C15H16O3. The van der Waals surface area contributed by atoms with Gasteiger partial charge in [0.05, 0.1) is 6.61 Å². The highest BCUT2D eigenvalue weighted by Crippen LogP contribution is 2.35. The second kappa shape index (κ2) is 5.10. The van der Waals surface area contributed by atoms with Gasteiger partial charge >= 0.3 is 0 Å². The Morgan fingerprint density at radius 2 is 1.67 bits per heavy atom. The number of benzene rings is 2. The number of phenols is 2. The van der Waals surface area contributed by atoms with Crippen LogP contribution in [0.5, 0.6) is 11.5 Å². The summed E-state index contributed by atoms with van der Waals surface area (Å²) in [7, 11) is 0. The minimum Gasteiger partial charge on any atom is -0.508 e. The third kappa shape index (κ3) is 2.31. The molecule has 0 aliphatic heterocycles. The molecule has 0 amide bonds. The van der Waals surface area contributed by atoms with E-state index in [0.29, 0.717) is 11.1 Å². The normalized spacial score (nSPS) is 12.3. The Labute approximate surface area is 106 Å². The summed E-state index contributed by atoms with van der Waals surface area (Å²) in [6.45, 7) is 1.67. The average Bonchev–Trinajstić information content (AvgIpc) is 2.41. The van der Waals surface area contributed by atoms with Gasteiger partial charge in [0.1, 0.15) is 11.5 Å². The number of hydrogen-bond acceptors (Lipinski definition) is 3. The molecule has 0 fully saturated rings. The van der Waals surface area contributed by atoms with E-state index in [1.807, 2.05) is 37.3 Å². The molecule has 0 aromatic heterocycles. The first-order valence-corrected chi connectivity index (χ1v) is 5.84. The fraction of sp³-hybridized carbons (Fsp3) is 0.200. The Morgan fingerprint density at radius 1 is 1.00 bits per heavy atom. The maximum absolute atomic E-state index is 9.96. The lowest BCUT2D eigenvalue weighted by atomic mass is 9.91. The van der Waals surface area contributed by atoms with Crippen molar-refractivity contribution in [1.82, 2.24) is 0 Å². The predicted molar refractivity (Wildman–Crippen MR) is 69.7 cm³/mol. The zero-order chi connectivity index (χ0) is 13.1. The molecule has 18 heavy (non-hydrogen) atoms. The van der Waals surface area contributed by atoms with E-state index in [4.69, 9.17) is 5.11 Å². The van der Waals surface area contributed by atoms with E-state index in [-0.39, 0.29) is 24.0 Å². The molecule has 2 aromatic rings. The molecule has 1 atom stereocenters. The zero-order valence-corrected chi connectivity index (χ0v) is 10.2. The van der Waals surface area contributed by atoms with Gasteiger partial charge in [0.25, 0.3) is 0 Å². The molecule has 0 heterocycles. The van der Waals surface area contributed by atoms with Gasteiger partial charge in [-0.3, -0.25) is 0 Å². The molecule has 0 radical (unpaired) electrons. The van der Waals surface area contributed by atoms with Gasteiger partial charge in [0.2, 0.25) is 0 Å². The molecule has 0 spiro atoms. The van der Waals surface area contributed by atoms with E-state index in [1.54, 1.807) is 0 Å². The summed E-state index contributed by atoms with van der Waals surface area (Å²) in [5, 5.41) is 28.7. The van der Waals surface area contributed by atoms with E-state index in [2.05, 4.69) is 0 Å². The van der Waals surface area contributed by atoms with Crippen LogP contribution in [0, 0.1) is 0 Å². The molecule has 0 bridgehead atoms. The van der Waals surface area contributed by atoms with E-state index in [0.717, 1.165) is 5.56 Å². The van der Waals surface area contributed by atoms with Crippen LogP contribution in [0.4, 0.5) is 0 Å². The van der Waals surface area contributed by atoms with Gasteiger partial charge in [0.15, 0.2) is 0 Å². The summed E-state index contributed by atoms with van der Waals surface area (Å²) in [5.41, 5.74) is 2.04. The van der Waals surface area contributed by atoms with Crippen LogP contribution in [0.15, 0.2) is 42.5 Å². The van der Waals surface area contributed by atoms with Crippen molar-refractivity contribution in [2.24, 2.45) is 0 Å². The number of aliphatic hydroxyl groups excluding tert-OH is 1. The van der Waals surface area contributed by atoms with Gasteiger partial charge in [-0.2, -0.15) is 0 Å². The van der Waals surface area contributed by atoms with Gasteiger partial charge in [0, 0.05) is 17.0 Å². The van der Waals surface area contributed by atoms with E-state index in [1.165, 1.54) is 12.1 Å². The Bertz CT molecular complexity index is 535. The quantitative estimate of drug-likeness (QED) is 0.727. The lowest BCUT2D eigenvalue weighted by Crippen LogP contribution is -1.97. The summed E-state index contributed by atoms with van der Waals surface area (Å²) in [4.78, 5) is 0. The highest BCUT2D eigenvalue weighted by atomic mass is 16.3. The van der Waals surface area contributed by atoms with Crippen molar-refractivity contribution in [3.05, 3.63) is 59.2 Å². The molecule has 1 unspecified atom stereocenters. The molecule has 3 heteroatoms. The van der Waals surface area contributed by atoms with E-state index >= 15 is 0 Å². The Hall–Kier alpha value is -2.00. The summed E-state index contributed by atoms with van der Waals surface area (Å²) in [5.74, 6) is 0.0751. The second-order valence-electron chi connectivity index (χ2n) is 4.33. The van der Waals surface area contributed by atoms with Crippen LogP contribution in [0.1, 0.15) is 29.5 Å². The maximum atomic E-state index is 9.96. The van der Waals surface area contributed by atoms with Crippen LogP contribution in [-0.4, -0.2) is 15.3 Å². The van der Waals surface area contributed by atoms with Crippen LogP contribution >= 0.6 is 0 Å². The smallest absolute Gasteiger partial charge is 0.121 e. The van der Waals surface area contributed by atoms with Crippen molar-refractivity contribution in [2.75, 3.05) is 0 Å². The molecule has 0 saturated heterocycles. The lowest BCUT2D eigenvalue weighted by Gasteiger charge is -2.15. The van der Waals surface area contributed by atoms with Gasteiger partial charge < -0.3 is 15.3 Å². The molecule has 2 aromatic carbocycles. The van der Waals surface area contributed by atoms with Crippen LogP contribution < -0.4 is 0 Å². The van der Waals surface area contributed by atoms with E-state index < -0.39 is 0 Å². The lowest BCUT2D eigenvalue weighted by molar-refractivity contribution is 0.274. The predicted octanol–water partition coefficient (Wildman–Crippen LogP) is 2.74. The van der Waals surface area contributed by atoms with Crippen molar-refractivity contribution >= 4 is 0 Å². The minimum atomic E-state index is -0.292. The Balaban J connectivity index is 2.43.